The van der Waals surface area contributed by atoms with E-state index < -0.39 is 0 Å². The van der Waals surface area contributed by atoms with Crippen molar-refractivity contribution in [2.24, 2.45) is 0 Å². The van der Waals surface area contributed by atoms with Crippen LogP contribution in [0.15, 0.2) is 42.6 Å². The normalized spacial score (nSPS) is 12.5. The molecule has 0 radical (unpaired) electrons. The van der Waals surface area contributed by atoms with Gasteiger partial charge in [-0.3, -0.25) is 0 Å². The molecule has 0 spiro atoms. The molecule has 0 aliphatic rings. The van der Waals surface area contributed by atoms with Crippen molar-refractivity contribution in [1.29, 1.82) is 0 Å². The highest BCUT2D eigenvalue weighted by Crippen LogP contribution is 2.32. The zero-order valence-electron chi connectivity index (χ0n) is 16.5. The summed E-state index contributed by atoms with van der Waals surface area (Å²) >= 11 is 0. The van der Waals surface area contributed by atoms with E-state index in [1.807, 2.05) is 6.07 Å². The summed E-state index contributed by atoms with van der Waals surface area (Å²) in [7, 11) is 0. The van der Waals surface area contributed by atoms with Gasteiger partial charge in [0, 0.05) is 32.9 Å². The third kappa shape index (κ3) is 4.37. The molecule has 2 nitrogen and oxygen atoms in total. The molecular weight excluding hydrogens is 294 g/mol. The van der Waals surface area contributed by atoms with Crippen LogP contribution in [0.2, 0.25) is 0 Å². The van der Waals surface area contributed by atoms with Gasteiger partial charge in [0.1, 0.15) is 11.4 Å². The fourth-order valence-corrected chi connectivity index (χ4v) is 2.77. The summed E-state index contributed by atoms with van der Waals surface area (Å²) in [5.41, 5.74) is 3.47. The molecule has 0 aliphatic carbocycles. The van der Waals surface area contributed by atoms with Crippen LogP contribution in [0.4, 0.5) is 0 Å². The molecule has 0 bridgehead atoms. The first-order valence-corrected chi connectivity index (χ1v) is 8.83. The molecule has 0 fully saturated rings. The number of ether oxygens (including phenoxy) is 1. The van der Waals surface area contributed by atoms with E-state index in [0.29, 0.717) is 5.92 Å². The van der Waals surface area contributed by atoms with Crippen LogP contribution >= 0.6 is 0 Å². The fraction of sp³-hybridized carbons (Fsp3) is 0.500. The Bertz CT molecular complexity index is 703. The average molecular weight is 327 g/mol. The van der Waals surface area contributed by atoms with Crippen molar-refractivity contribution in [2.75, 3.05) is 0 Å². The highest BCUT2D eigenvalue weighted by Gasteiger charge is 2.29. The largest absolute Gasteiger partial charge is 0.487 e. The number of pyridine rings is 1. The molecule has 0 atom stereocenters. The molecule has 1 aromatic carbocycles. The van der Waals surface area contributed by atoms with E-state index in [1.54, 1.807) is 0 Å². The van der Waals surface area contributed by atoms with E-state index in [9.17, 15) is 0 Å². The van der Waals surface area contributed by atoms with Crippen molar-refractivity contribution in [2.45, 2.75) is 72.4 Å². The predicted octanol–water partition coefficient (Wildman–Crippen LogP) is 5.70. The van der Waals surface area contributed by atoms with Gasteiger partial charge in [0.15, 0.2) is 11.7 Å². The van der Waals surface area contributed by atoms with Crippen LogP contribution < -0.4 is 9.30 Å². The van der Waals surface area contributed by atoms with Crippen LogP contribution in [0.25, 0.3) is 11.3 Å². The molecule has 1 heterocycles. The molecule has 1 aromatic heterocycles. The molecule has 130 valence electrons. The molecule has 24 heavy (non-hydrogen) atoms. The van der Waals surface area contributed by atoms with Gasteiger partial charge in [0.05, 0.1) is 5.56 Å². The van der Waals surface area contributed by atoms with Crippen molar-refractivity contribution >= 4 is 0 Å². The summed E-state index contributed by atoms with van der Waals surface area (Å²) in [4.78, 5) is 0. The maximum absolute atomic E-state index is 6.24. The third-order valence-electron chi connectivity index (χ3n) is 3.95. The quantitative estimate of drug-likeness (QED) is 0.660. The van der Waals surface area contributed by atoms with Gasteiger partial charge in [0.2, 0.25) is 5.69 Å². The Morgan fingerprint density at radius 3 is 2.08 bits per heavy atom. The minimum atomic E-state index is -0.224. The van der Waals surface area contributed by atoms with Gasteiger partial charge in [-0.05, 0) is 44.4 Å². The smallest absolute Gasteiger partial charge is 0.216 e. The number of aromatic nitrogens is 1. The van der Waals surface area contributed by atoms with Crippen molar-refractivity contribution in [1.82, 2.24) is 0 Å². The Morgan fingerprint density at radius 2 is 1.54 bits per heavy atom. The minimum absolute atomic E-state index is 0.000311. The van der Waals surface area contributed by atoms with Gasteiger partial charge in [-0.25, -0.2) is 0 Å². The highest BCUT2D eigenvalue weighted by molar-refractivity contribution is 5.65. The summed E-state index contributed by atoms with van der Waals surface area (Å²) in [6.45, 7) is 17.4. The lowest BCUT2D eigenvalue weighted by molar-refractivity contribution is -0.744. The Balaban J connectivity index is 2.69. The molecule has 2 rings (SSSR count). The standard InChI is InChI=1S/C22H32NO/c1-16(2)17-13-14-23(21(3,4)5)19(15-17)18-11-9-10-12-20(18)24-22(6,7)8/h9-16H,1-8H3/q+1. The van der Waals surface area contributed by atoms with E-state index in [4.69, 9.17) is 4.74 Å². The Kier molecular flexibility index (Phi) is 5.08. The number of rotatable bonds is 3. The summed E-state index contributed by atoms with van der Waals surface area (Å²) in [6, 6.07) is 12.9. The second kappa shape index (κ2) is 6.58. The SMILES string of the molecule is CC(C)c1cc[n+](C(C)(C)C)c(-c2ccccc2OC(C)(C)C)c1. The average Bonchev–Trinajstić information content (AvgIpc) is 2.44. The van der Waals surface area contributed by atoms with Gasteiger partial charge in [-0.15, -0.1) is 0 Å². The number of hydrogen-bond acceptors (Lipinski definition) is 1. The van der Waals surface area contributed by atoms with Crippen LogP contribution in [-0.4, -0.2) is 5.60 Å². The van der Waals surface area contributed by atoms with Crippen LogP contribution in [0, 0.1) is 0 Å². The molecule has 0 saturated carbocycles. The van der Waals surface area contributed by atoms with Crippen LogP contribution in [0.1, 0.15) is 66.9 Å². The second-order valence-corrected chi connectivity index (χ2v) is 8.75. The summed E-state index contributed by atoms with van der Waals surface area (Å²) in [5.74, 6) is 1.43. The lowest BCUT2D eigenvalue weighted by Gasteiger charge is -2.24. The van der Waals surface area contributed by atoms with E-state index in [2.05, 4.69) is 96.5 Å². The molecule has 0 N–H and O–H groups in total. The maximum atomic E-state index is 6.24. The lowest BCUT2D eigenvalue weighted by Crippen LogP contribution is -2.51. The van der Waals surface area contributed by atoms with Gasteiger partial charge < -0.3 is 4.74 Å². The summed E-state index contributed by atoms with van der Waals surface area (Å²) < 4.78 is 8.58. The number of hydrogen-bond donors (Lipinski definition) is 0. The van der Waals surface area contributed by atoms with Crippen LogP contribution in [-0.2, 0) is 5.54 Å². The first-order chi connectivity index (χ1) is 11.0. The molecular formula is C22H32NO+. The summed E-state index contributed by atoms with van der Waals surface area (Å²) in [5, 5.41) is 0. The highest BCUT2D eigenvalue weighted by atomic mass is 16.5. The Labute approximate surface area is 147 Å². The topological polar surface area (TPSA) is 13.1 Å². The van der Waals surface area contributed by atoms with Gasteiger partial charge in [-0.2, -0.15) is 4.57 Å². The zero-order valence-corrected chi connectivity index (χ0v) is 16.5. The van der Waals surface area contributed by atoms with E-state index in [-0.39, 0.29) is 11.1 Å². The van der Waals surface area contributed by atoms with Gasteiger partial charge in [0.25, 0.3) is 0 Å². The zero-order chi connectivity index (χ0) is 18.1. The van der Waals surface area contributed by atoms with E-state index in [1.165, 1.54) is 11.3 Å². The maximum Gasteiger partial charge on any atom is 0.216 e. The van der Waals surface area contributed by atoms with Crippen molar-refractivity contribution in [3.63, 3.8) is 0 Å². The molecule has 0 unspecified atom stereocenters. The molecule has 0 amide bonds. The Hall–Kier alpha value is -1.83. The first-order valence-electron chi connectivity index (χ1n) is 8.83. The van der Waals surface area contributed by atoms with Gasteiger partial charge >= 0.3 is 0 Å². The van der Waals surface area contributed by atoms with Gasteiger partial charge in [-0.1, -0.05) is 26.0 Å². The van der Waals surface area contributed by atoms with E-state index in [0.717, 1.165) is 11.3 Å². The van der Waals surface area contributed by atoms with Crippen molar-refractivity contribution in [3.05, 3.63) is 48.2 Å². The van der Waals surface area contributed by atoms with Crippen molar-refractivity contribution in [3.8, 4) is 17.0 Å². The molecule has 2 heteroatoms. The fourth-order valence-electron chi connectivity index (χ4n) is 2.77. The predicted molar refractivity (Wildman–Crippen MR) is 102 cm³/mol. The first kappa shape index (κ1) is 18.5. The Morgan fingerprint density at radius 1 is 0.917 bits per heavy atom. The van der Waals surface area contributed by atoms with Crippen LogP contribution in [0.3, 0.4) is 0 Å². The summed E-state index contributed by atoms with van der Waals surface area (Å²) in [6.07, 6.45) is 2.21. The number of nitrogens with zero attached hydrogens (tertiary/aromatic N) is 1. The second-order valence-electron chi connectivity index (χ2n) is 8.75. The van der Waals surface area contributed by atoms with Crippen LogP contribution in [0.5, 0.6) is 5.75 Å². The molecule has 2 aromatic rings. The third-order valence-corrected chi connectivity index (χ3v) is 3.95. The number of benzene rings is 1. The molecule has 0 saturated heterocycles. The van der Waals surface area contributed by atoms with Crippen molar-refractivity contribution < 1.29 is 9.30 Å². The monoisotopic (exact) mass is 326 g/mol. The number of para-hydroxylation sites is 1. The lowest BCUT2D eigenvalue weighted by atomic mass is 9.98. The molecule has 0 aliphatic heterocycles. The minimum Gasteiger partial charge on any atom is -0.487 e. The van der Waals surface area contributed by atoms with E-state index >= 15 is 0 Å².